The average Bonchev–Trinajstić information content (AvgIpc) is 3.46. The van der Waals surface area contributed by atoms with Crippen molar-refractivity contribution in [2.45, 2.75) is 19.4 Å². The van der Waals surface area contributed by atoms with Crippen LogP contribution in [0.25, 0.3) is 22.5 Å². The molecule has 0 spiro atoms. The van der Waals surface area contributed by atoms with E-state index in [0.717, 1.165) is 21.7 Å². The predicted molar refractivity (Wildman–Crippen MR) is 136 cm³/mol. The van der Waals surface area contributed by atoms with Crippen LogP contribution in [0.2, 0.25) is 10.0 Å². The van der Waals surface area contributed by atoms with Crippen molar-refractivity contribution in [3.63, 3.8) is 0 Å². The number of aliphatic carboxylic acids is 1. The summed E-state index contributed by atoms with van der Waals surface area (Å²) < 4.78 is 15.4. The average molecular weight is 532 g/mol. The zero-order valence-electron chi connectivity index (χ0n) is 18.5. The summed E-state index contributed by atoms with van der Waals surface area (Å²) >= 11 is 13.7. The molecule has 0 radical (unpaired) electrons. The number of thiophene rings is 1. The van der Waals surface area contributed by atoms with Gasteiger partial charge in [0.1, 0.15) is 5.82 Å². The zero-order chi connectivity index (χ0) is 25.1. The molecule has 35 heavy (non-hydrogen) atoms. The molecule has 0 aliphatic rings. The number of benzene rings is 2. The summed E-state index contributed by atoms with van der Waals surface area (Å²) in [4.78, 5) is 24.4. The monoisotopic (exact) mass is 531 g/mol. The first-order valence-electron chi connectivity index (χ1n) is 10.6. The van der Waals surface area contributed by atoms with Gasteiger partial charge in [-0.1, -0.05) is 23.2 Å². The van der Waals surface area contributed by atoms with Crippen molar-refractivity contribution in [3.8, 4) is 22.5 Å². The highest BCUT2D eigenvalue weighted by atomic mass is 35.5. The molecule has 10 heteroatoms. The van der Waals surface area contributed by atoms with Crippen molar-refractivity contribution >= 4 is 46.4 Å². The number of amides is 1. The highest BCUT2D eigenvalue weighted by Gasteiger charge is 2.20. The number of rotatable bonds is 8. The summed E-state index contributed by atoms with van der Waals surface area (Å²) in [6.07, 6.45) is -0.148. The molecule has 2 N–H and O–H groups in total. The first-order valence-corrected chi connectivity index (χ1v) is 12.2. The van der Waals surface area contributed by atoms with Crippen LogP contribution >= 0.6 is 34.5 Å². The standard InChI is InChI=1S/C25H20Cl2FN3O3S/c1-14(22-6-7-23(35-22)25(34)29-9-8-24(32)33)31-21(15-2-4-19(28)5-3-15)13-20(30-31)16-10-17(26)12-18(27)11-16/h2-7,10-14H,8-9H2,1H3,(H,29,34)(H,32,33). The molecule has 0 aliphatic carbocycles. The molecule has 4 aromatic rings. The minimum absolute atomic E-state index is 0.0520. The molecule has 2 aromatic heterocycles. The van der Waals surface area contributed by atoms with Gasteiger partial charge in [0, 0.05) is 32.6 Å². The van der Waals surface area contributed by atoms with E-state index >= 15 is 0 Å². The first-order chi connectivity index (χ1) is 16.7. The van der Waals surface area contributed by atoms with Gasteiger partial charge in [-0.2, -0.15) is 5.10 Å². The van der Waals surface area contributed by atoms with Gasteiger partial charge < -0.3 is 10.4 Å². The molecule has 1 unspecified atom stereocenters. The molecular formula is C25H20Cl2FN3O3S. The predicted octanol–water partition coefficient (Wildman–Crippen LogP) is 6.54. The molecule has 180 valence electrons. The van der Waals surface area contributed by atoms with Crippen molar-refractivity contribution in [3.05, 3.63) is 86.3 Å². The molecule has 2 aromatic carbocycles. The maximum atomic E-state index is 13.6. The molecule has 1 atom stereocenters. The minimum Gasteiger partial charge on any atom is -0.481 e. The smallest absolute Gasteiger partial charge is 0.305 e. The molecule has 0 bridgehead atoms. The number of nitrogens with one attached hydrogen (secondary N) is 1. The van der Waals surface area contributed by atoms with Gasteiger partial charge in [0.25, 0.3) is 5.91 Å². The Labute approximate surface area is 214 Å². The number of carbonyl (C=O) groups is 2. The molecule has 2 heterocycles. The third-order valence-corrected chi connectivity index (χ3v) is 6.98. The van der Waals surface area contributed by atoms with Crippen molar-refractivity contribution in [1.82, 2.24) is 15.1 Å². The van der Waals surface area contributed by atoms with Gasteiger partial charge in [-0.05, 0) is 67.6 Å². The van der Waals surface area contributed by atoms with Gasteiger partial charge in [-0.25, -0.2) is 4.39 Å². The fourth-order valence-corrected chi connectivity index (χ4v) is 5.05. The summed E-state index contributed by atoms with van der Waals surface area (Å²) in [6.45, 7) is 2.00. The van der Waals surface area contributed by atoms with Gasteiger partial charge in [0.05, 0.1) is 28.7 Å². The van der Waals surface area contributed by atoms with Crippen LogP contribution < -0.4 is 5.32 Å². The summed E-state index contributed by atoms with van der Waals surface area (Å²) in [7, 11) is 0. The number of nitrogens with zero attached hydrogens (tertiary/aromatic N) is 2. The minimum atomic E-state index is -0.977. The first kappa shape index (κ1) is 24.9. The van der Waals surface area contributed by atoms with Gasteiger partial charge in [0.15, 0.2) is 0 Å². The number of carboxylic acids is 1. The maximum absolute atomic E-state index is 13.6. The zero-order valence-corrected chi connectivity index (χ0v) is 20.8. The summed E-state index contributed by atoms with van der Waals surface area (Å²) in [5.74, 6) is -1.65. The van der Waals surface area contributed by atoms with Crippen molar-refractivity contribution in [2.75, 3.05) is 6.54 Å². The lowest BCUT2D eigenvalue weighted by Crippen LogP contribution is -2.25. The molecule has 0 aliphatic heterocycles. The second-order valence-corrected chi connectivity index (χ2v) is 9.79. The Kier molecular flexibility index (Phi) is 7.54. The van der Waals surface area contributed by atoms with Crippen LogP contribution in [0, 0.1) is 5.82 Å². The van der Waals surface area contributed by atoms with Gasteiger partial charge in [-0.15, -0.1) is 11.3 Å². The lowest BCUT2D eigenvalue weighted by atomic mass is 10.1. The third-order valence-electron chi connectivity index (χ3n) is 5.29. The van der Waals surface area contributed by atoms with Crippen LogP contribution in [0.3, 0.4) is 0 Å². The lowest BCUT2D eigenvalue weighted by Gasteiger charge is -2.14. The number of carbonyl (C=O) groups excluding carboxylic acids is 1. The Hall–Kier alpha value is -3.20. The third kappa shape index (κ3) is 5.90. The normalized spacial score (nSPS) is 11.9. The summed E-state index contributed by atoms with van der Waals surface area (Å²) in [5.41, 5.74) is 2.91. The quantitative estimate of drug-likeness (QED) is 0.270. The van der Waals surface area contributed by atoms with E-state index in [1.165, 1.54) is 23.5 Å². The lowest BCUT2D eigenvalue weighted by molar-refractivity contribution is -0.136. The van der Waals surface area contributed by atoms with Crippen LogP contribution in [0.1, 0.15) is 33.9 Å². The van der Waals surface area contributed by atoms with Gasteiger partial charge in [-0.3, -0.25) is 14.3 Å². The van der Waals surface area contributed by atoms with E-state index in [2.05, 4.69) is 5.32 Å². The topological polar surface area (TPSA) is 84.2 Å². The number of halogens is 3. The van der Waals surface area contributed by atoms with Crippen LogP contribution in [-0.2, 0) is 4.79 Å². The molecule has 4 rings (SSSR count). The van der Waals surface area contributed by atoms with Crippen LogP contribution in [-0.4, -0.2) is 33.3 Å². The van der Waals surface area contributed by atoms with Crippen molar-refractivity contribution < 1.29 is 19.1 Å². The Morgan fingerprint density at radius 2 is 1.74 bits per heavy atom. The molecule has 6 nitrogen and oxygen atoms in total. The SMILES string of the molecule is CC(c1ccc(C(=O)NCCC(=O)O)s1)n1nc(-c2cc(Cl)cc(Cl)c2)cc1-c1ccc(F)cc1. The van der Waals surface area contributed by atoms with Crippen molar-refractivity contribution in [2.24, 2.45) is 0 Å². The highest BCUT2D eigenvalue weighted by Crippen LogP contribution is 2.35. The Morgan fingerprint density at radius 1 is 1.06 bits per heavy atom. The van der Waals surface area contributed by atoms with Gasteiger partial charge >= 0.3 is 5.97 Å². The number of hydrogen-bond donors (Lipinski definition) is 2. The van der Waals surface area contributed by atoms with E-state index in [4.69, 9.17) is 33.4 Å². The molecule has 0 fully saturated rings. The number of hydrogen-bond acceptors (Lipinski definition) is 4. The molecule has 0 saturated heterocycles. The highest BCUT2D eigenvalue weighted by molar-refractivity contribution is 7.14. The Morgan fingerprint density at radius 3 is 2.40 bits per heavy atom. The second kappa shape index (κ2) is 10.6. The number of carboxylic acid groups (broad SMARTS) is 1. The van der Waals surface area contributed by atoms with E-state index in [0.29, 0.717) is 20.6 Å². The Bertz CT molecular complexity index is 1360. The van der Waals surface area contributed by atoms with Gasteiger partial charge in [0.2, 0.25) is 0 Å². The summed E-state index contributed by atoms with van der Waals surface area (Å²) in [5, 5.41) is 17.1. The Balaban J connectivity index is 1.69. The van der Waals surface area contributed by atoms with E-state index < -0.39 is 5.97 Å². The van der Waals surface area contributed by atoms with Crippen LogP contribution in [0.4, 0.5) is 4.39 Å². The van der Waals surface area contributed by atoms with E-state index in [1.807, 2.05) is 23.7 Å². The second-order valence-electron chi connectivity index (χ2n) is 7.80. The fraction of sp³-hybridized carbons (Fsp3) is 0.160. The fourth-order valence-electron chi connectivity index (χ4n) is 3.56. The number of aromatic nitrogens is 2. The largest absolute Gasteiger partial charge is 0.481 e. The molecule has 0 saturated carbocycles. The van der Waals surface area contributed by atoms with Crippen molar-refractivity contribution in [1.29, 1.82) is 0 Å². The molecular weight excluding hydrogens is 512 g/mol. The molecule has 1 amide bonds. The van der Waals surface area contributed by atoms with E-state index in [1.54, 1.807) is 36.4 Å². The van der Waals surface area contributed by atoms with E-state index in [9.17, 15) is 14.0 Å². The maximum Gasteiger partial charge on any atom is 0.305 e. The van der Waals surface area contributed by atoms with Crippen LogP contribution in [0.5, 0.6) is 0 Å². The summed E-state index contributed by atoms with van der Waals surface area (Å²) in [6, 6.07) is 16.5. The van der Waals surface area contributed by atoms with E-state index in [-0.39, 0.29) is 30.7 Å². The van der Waals surface area contributed by atoms with Crippen LogP contribution in [0.15, 0.2) is 60.7 Å².